The van der Waals surface area contributed by atoms with Gasteiger partial charge in [-0.2, -0.15) is 0 Å². The van der Waals surface area contributed by atoms with E-state index in [1.807, 2.05) is 25.1 Å². The number of benzene rings is 1. The highest BCUT2D eigenvalue weighted by atomic mass is 16.6. The molecule has 4 aliphatic carbocycles. The molecular formula is C23H30N2O5. The number of esters is 1. The maximum absolute atomic E-state index is 12.4. The summed E-state index contributed by atoms with van der Waals surface area (Å²) in [5.74, 6) is 1.34. The summed E-state index contributed by atoms with van der Waals surface area (Å²) in [6, 6.07) is 6.82. The van der Waals surface area contributed by atoms with E-state index in [1.165, 1.54) is 19.3 Å². The molecule has 0 heterocycles. The Labute approximate surface area is 176 Å². The average molecular weight is 415 g/mol. The first kappa shape index (κ1) is 20.7. The van der Waals surface area contributed by atoms with E-state index >= 15 is 0 Å². The fourth-order valence-corrected chi connectivity index (χ4v) is 5.89. The molecule has 4 fully saturated rings. The van der Waals surface area contributed by atoms with E-state index in [9.17, 15) is 14.4 Å². The van der Waals surface area contributed by atoms with Gasteiger partial charge in [0.05, 0.1) is 0 Å². The Bertz CT molecular complexity index is 801. The van der Waals surface area contributed by atoms with Gasteiger partial charge in [-0.05, 0) is 87.8 Å². The standard InChI is InChI=1S/C23H30N2O5/c1-14-4-3-5-19(6-14)30-15(2)21(27)29-13-20(26)24-22(28)25-23-10-16-7-17(11-23)9-18(8-16)12-23/h3-6,15-18H,7-13H2,1-2H3,(H2,24,25,26,28)/t15-,16?,17?,18?,23?/m1/s1. The van der Waals surface area contributed by atoms with E-state index in [4.69, 9.17) is 9.47 Å². The van der Waals surface area contributed by atoms with Crippen molar-refractivity contribution in [3.05, 3.63) is 29.8 Å². The van der Waals surface area contributed by atoms with Gasteiger partial charge in [-0.3, -0.25) is 10.1 Å². The van der Waals surface area contributed by atoms with Gasteiger partial charge in [0.25, 0.3) is 5.91 Å². The summed E-state index contributed by atoms with van der Waals surface area (Å²) in [5, 5.41) is 5.37. The summed E-state index contributed by atoms with van der Waals surface area (Å²) in [4.78, 5) is 36.6. The molecule has 2 N–H and O–H groups in total. The van der Waals surface area contributed by atoms with Crippen LogP contribution < -0.4 is 15.4 Å². The number of ether oxygens (including phenoxy) is 2. The van der Waals surface area contributed by atoms with Crippen LogP contribution in [0.25, 0.3) is 0 Å². The van der Waals surface area contributed by atoms with Crippen LogP contribution in [0.15, 0.2) is 24.3 Å². The van der Waals surface area contributed by atoms with Gasteiger partial charge in [0.2, 0.25) is 0 Å². The maximum Gasteiger partial charge on any atom is 0.347 e. The number of carbonyl (C=O) groups is 3. The molecule has 4 saturated carbocycles. The van der Waals surface area contributed by atoms with Gasteiger partial charge >= 0.3 is 12.0 Å². The zero-order chi connectivity index (χ0) is 21.3. The van der Waals surface area contributed by atoms with E-state index in [0.29, 0.717) is 23.5 Å². The van der Waals surface area contributed by atoms with Crippen molar-refractivity contribution in [2.24, 2.45) is 17.8 Å². The van der Waals surface area contributed by atoms with Crippen LogP contribution in [0.5, 0.6) is 5.75 Å². The predicted molar refractivity (Wildman–Crippen MR) is 110 cm³/mol. The monoisotopic (exact) mass is 414 g/mol. The summed E-state index contributed by atoms with van der Waals surface area (Å²) in [5.41, 5.74) is 0.837. The van der Waals surface area contributed by atoms with Crippen molar-refractivity contribution in [2.45, 2.75) is 64.0 Å². The number of nitrogens with one attached hydrogen (secondary N) is 2. The lowest BCUT2D eigenvalue weighted by atomic mass is 9.53. The zero-order valence-electron chi connectivity index (χ0n) is 17.6. The summed E-state index contributed by atoms with van der Waals surface area (Å²) in [7, 11) is 0. The second-order valence-corrected chi connectivity index (χ2v) is 9.38. The molecule has 162 valence electrons. The van der Waals surface area contributed by atoms with Crippen LogP contribution in [0.4, 0.5) is 4.79 Å². The third kappa shape index (κ3) is 4.77. The van der Waals surface area contributed by atoms with Crippen LogP contribution in [-0.2, 0) is 14.3 Å². The molecule has 1 aromatic carbocycles. The minimum Gasteiger partial charge on any atom is -0.479 e. The van der Waals surface area contributed by atoms with Crippen molar-refractivity contribution in [1.29, 1.82) is 0 Å². The smallest absolute Gasteiger partial charge is 0.347 e. The zero-order valence-corrected chi connectivity index (χ0v) is 17.6. The van der Waals surface area contributed by atoms with Crippen molar-refractivity contribution in [3.63, 3.8) is 0 Å². The Kier molecular flexibility index (Phi) is 5.71. The number of hydrogen-bond donors (Lipinski definition) is 2. The molecule has 0 saturated heterocycles. The highest BCUT2D eigenvalue weighted by Crippen LogP contribution is 2.55. The Balaban J connectivity index is 1.21. The van der Waals surface area contributed by atoms with E-state index in [0.717, 1.165) is 24.8 Å². The molecule has 0 aromatic heterocycles. The second-order valence-electron chi connectivity index (χ2n) is 9.38. The molecule has 0 spiro atoms. The lowest BCUT2D eigenvalue weighted by molar-refractivity contribution is -0.154. The number of carbonyl (C=O) groups excluding carboxylic acids is 3. The highest BCUT2D eigenvalue weighted by Gasteiger charge is 2.51. The largest absolute Gasteiger partial charge is 0.479 e. The third-order valence-corrected chi connectivity index (χ3v) is 6.65. The third-order valence-electron chi connectivity index (χ3n) is 6.65. The average Bonchev–Trinajstić information content (AvgIpc) is 2.64. The fourth-order valence-electron chi connectivity index (χ4n) is 5.89. The van der Waals surface area contributed by atoms with E-state index < -0.39 is 30.6 Å². The van der Waals surface area contributed by atoms with E-state index in [1.54, 1.807) is 13.0 Å². The molecule has 4 aliphatic rings. The van der Waals surface area contributed by atoms with Crippen molar-refractivity contribution >= 4 is 17.9 Å². The molecule has 1 aromatic rings. The van der Waals surface area contributed by atoms with Crippen LogP contribution in [0.1, 0.15) is 51.0 Å². The number of aryl methyl sites for hydroxylation is 1. The molecule has 7 nitrogen and oxygen atoms in total. The summed E-state index contributed by atoms with van der Waals surface area (Å²) in [6.45, 7) is 2.96. The van der Waals surface area contributed by atoms with Gasteiger partial charge in [0, 0.05) is 5.54 Å². The minimum absolute atomic E-state index is 0.175. The SMILES string of the molecule is Cc1cccc(O[C@H](C)C(=O)OCC(=O)NC(=O)NC23CC4CC(CC(C4)C2)C3)c1. The first-order chi connectivity index (χ1) is 14.3. The molecule has 4 bridgehead atoms. The number of urea groups is 1. The summed E-state index contributed by atoms with van der Waals surface area (Å²) < 4.78 is 10.6. The number of hydrogen-bond acceptors (Lipinski definition) is 5. The summed E-state index contributed by atoms with van der Waals surface area (Å²) in [6.07, 6.45) is 5.98. The Hall–Kier alpha value is -2.57. The lowest BCUT2D eigenvalue weighted by Gasteiger charge is -2.56. The first-order valence-corrected chi connectivity index (χ1v) is 10.8. The molecule has 5 rings (SSSR count). The first-order valence-electron chi connectivity index (χ1n) is 10.8. The topological polar surface area (TPSA) is 93.7 Å². The minimum atomic E-state index is -0.861. The lowest BCUT2D eigenvalue weighted by Crippen LogP contribution is -2.62. The maximum atomic E-state index is 12.4. The normalized spacial score (nSPS) is 29.7. The Morgan fingerprint density at radius 1 is 1.10 bits per heavy atom. The van der Waals surface area contributed by atoms with Crippen molar-refractivity contribution in [1.82, 2.24) is 10.6 Å². The van der Waals surface area contributed by atoms with Crippen LogP contribution in [0.2, 0.25) is 0 Å². The molecule has 7 heteroatoms. The van der Waals surface area contributed by atoms with Crippen LogP contribution in [-0.4, -0.2) is 36.2 Å². The van der Waals surface area contributed by atoms with Crippen LogP contribution in [0, 0.1) is 24.7 Å². The van der Waals surface area contributed by atoms with Gasteiger partial charge < -0.3 is 14.8 Å². The molecule has 0 aliphatic heterocycles. The quantitative estimate of drug-likeness (QED) is 0.698. The molecule has 0 unspecified atom stereocenters. The predicted octanol–water partition coefficient (Wildman–Crippen LogP) is 3.10. The molecule has 0 radical (unpaired) electrons. The van der Waals surface area contributed by atoms with Gasteiger partial charge in [-0.25, -0.2) is 9.59 Å². The van der Waals surface area contributed by atoms with Crippen LogP contribution >= 0.6 is 0 Å². The molecule has 3 amide bonds. The second kappa shape index (κ2) is 8.28. The molecular weight excluding hydrogens is 384 g/mol. The molecule has 30 heavy (non-hydrogen) atoms. The van der Waals surface area contributed by atoms with Gasteiger partial charge in [-0.1, -0.05) is 12.1 Å². The highest BCUT2D eigenvalue weighted by molar-refractivity contribution is 5.96. The van der Waals surface area contributed by atoms with Gasteiger partial charge in [0.15, 0.2) is 12.7 Å². The van der Waals surface area contributed by atoms with Crippen molar-refractivity contribution < 1.29 is 23.9 Å². The Morgan fingerprint density at radius 3 is 2.33 bits per heavy atom. The fraction of sp³-hybridized carbons (Fsp3) is 0.609. The van der Waals surface area contributed by atoms with Crippen LogP contribution in [0.3, 0.4) is 0 Å². The molecule has 1 atom stereocenters. The number of imide groups is 1. The number of rotatable bonds is 6. The summed E-state index contributed by atoms with van der Waals surface area (Å²) >= 11 is 0. The van der Waals surface area contributed by atoms with Crippen molar-refractivity contribution in [3.8, 4) is 5.75 Å². The number of amides is 3. The Morgan fingerprint density at radius 2 is 1.73 bits per heavy atom. The van der Waals surface area contributed by atoms with Crippen molar-refractivity contribution in [2.75, 3.05) is 6.61 Å². The van der Waals surface area contributed by atoms with E-state index in [-0.39, 0.29) is 5.54 Å². The van der Waals surface area contributed by atoms with Gasteiger partial charge in [-0.15, -0.1) is 0 Å². The van der Waals surface area contributed by atoms with E-state index in [2.05, 4.69) is 10.6 Å². The van der Waals surface area contributed by atoms with Gasteiger partial charge in [0.1, 0.15) is 5.75 Å².